The molecule has 2 saturated heterocycles. The minimum atomic E-state index is -3.47. The standard InChI is InChI=1S/C19H29N3O4S/c1-3-26-19(23)22-11-5-4-6-18(22)20-12-14-21(15-13-20)27(24,25)17-9-7-16(2)8-10-17/h7-10,18H,3-6,11-15H2,1-2H3/t18-/m0/s1. The van der Waals surface area contributed by atoms with Gasteiger partial charge in [0.2, 0.25) is 10.0 Å². The number of hydrogen-bond acceptors (Lipinski definition) is 5. The van der Waals surface area contributed by atoms with Gasteiger partial charge in [0.25, 0.3) is 0 Å². The van der Waals surface area contributed by atoms with E-state index in [2.05, 4.69) is 4.90 Å². The van der Waals surface area contributed by atoms with E-state index in [9.17, 15) is 13.2 Å². The molecule has 27 heavy (non-hydrogen) atoms. The summed E-state index contributed by atoms with van der Waals surface area (Å²) in [7, 11) is -3.47. The Morgan fingerprint density at radius 3 is 2.37 bits per heavy atom. The second-order valence-corrected chi connectivity index (χ2v) is 9.06. The molecule has 8 heteroatoms. The van der Waals surface area contributed by atoms with Gasteiger partial charge in [-0.05, 0) is 45.2 Å². The lowest BCUT2D eigenvalue weighted by Gasteiger charge is -2.45. The highest BCUT2D eigenvalue weighted by molar-refractivity contribution is 7.89. The summed E-state index contributed by atoms with van der Waals surface area (Å²) in [4.78, 5) is 16.6. The van der Waals surface area contributed by atoms with E-state index in [0.29, 0.717) is 44.2 Å². The molecule has 0 aliphatic carbocycles. The van der Waals surface area contributed by atoms with Crippen molar-refractivity contribution in [3.05, 3.63) is 29.8 Å². The van der Waals surface area contributed by atoms with Crippen LogP contribution in [0.25, 0.3) is 0 Å². The number of carbonyl (C=O) groups excluding carboxylic acids is 1. The molecule has 0 N–H and O–H groups in total. The van der Waals surface area contributed by atoms with Crippen LogP contribution in [0.2, 0.25) is 0 Å². The maximum absolute atomic E-state index is 12.9. The summed E-state index contributed by atoms with van der Waals surface area (Å²) in [6.45, 7) is 6.92. The predicted octanol–water partition coefficient (Wildman–Crippen LogP) is 2.27. The summed E-state index contributed by atoms with van der Waals surface area (Å²) in [6, 6.07) is 6.98. The monoisotopic (exact) mass is 395 g/mol. The van der Waals surface area contributed by atoms with Crippen molar-refractivity contribution in [2.75, 3.05) is 39.3 Å². The molecular formula is C19H29N3O4S. The number of piperazine rings is 1. The molecule has 0 bridgehead atoms. The van der Waals surface area contributed by atoms with Crippen LogP contribution in [0.5, 0.6) is 0 Å². The molecule has 1 aromatic rings. The summed E-state index contributed by atoms with van der Waals surface area (Å²) >= 11 is 0. The number of hydrogen-bond donors (Lipinski definition) is 0. The highest BCUT2D eigenvalue weighted by atomic mass is 32.2. The van der Waals surface area contributed by atoms with E-state index in [-0.39, 0.29) is 12.3 Å². The van der Waals surface area contributed by atoms with Gasteiger partial charge in [0.1, 0.15) is 0 Å². The van der Waals surface area contributed by atoms with Crippen LogP contribution >= 0.6 is 0 Å². The van der Waals surface area contributed by atoms with Gasteiger partial charge in [-0.3, -0.25) is 9.80 Å². The fourth-order valence-electron chi connectivity index (χ4n) is 3.81. The van der Waals surface area contributed by atoms with Crippen molar-refractivity contribution in [2.24, 2.45) is 0 Å². The molecule has 0 spiro atoms. The number of likely N-dealkylation sites (tertiary alicyclic amines) is 1. The quantitative estimate of drug-likeness (QED) is 0.782. The van der Waals surface area contributed by atoms with Crippen molar-refractivity contribution in [3.8, 4) is 0 Å². The SMILES string of the molecule is CCOC(=O)N1CCCC[C@H]1N1CCN(S(=O)(=O)c2ccc(C)cc2)CC1. The minimum Gasteiger partial charge on any atom is -0.450 e. The molecule has 150 valence electrons. The first-order valence-corrected chi connectivity index (χ1v) is 11.1. The maximum atomic E-state index is 12.9. The number of aryl methyl sites for hydroxylation is 1. The Kier molecular flexibility index (Phi) is 6.39. The Morgan fingerprint density at radius 1 is 1.07 bits per heavy atom. The van der Waals surface area contributed by atoms with Crippen LogP contribution < -0.4 is 0 Å². The Labute approximate surface area is 161 Å². The average Bonchev–Trinajstić information content (AvgIpc) is 2.68. The van der Waals surface area contributed by atoms with E-state index in [0.717, 1.165) is 24.8 Å². The third kappa shape index (κ3) is 4.44. The molecule has 0 aromatic heterocycles. The van der Waals surface area contributed by atoms with Gasteiger partial charge >= 0.3 is 6.09 Å². The first-order chi connectivity index (χ1) is 12.9. The fraction of sp³-hybridized carbons (Fsp3) is 0.632. The lowest BCUT2D eigenvalue weighted by atomic mass is 10.1. The molecule has 0 saturated carbocycles. The number of carbonyl (C=O) groups is 1. The average molecular weight is 396 g/mol. The predicted molar refractivity (Wildman–Crippen MR) is 103 cm³/mol. The Morgan fingerprint density at radius 2 is 1.74 bits per heavy atom. The maximum Gasteiger partial charge on any atom is 0.411 e. The van der Waals surface area contributed by atoms with E-state index in [1.807, 2.05) is 26.0 Å². The number of rotatable bonds is 4. The third-order valence-corrected chi connectivity index (χ3v) is 7.24. The van der Waals surface area contributed by atoms with Crippen molar-refractivity contribution in [1.29, 1.82) is 0 Å². The van der Waals surface area contributed by atoms with Crippen molar-refractivity contribution >= 4 is 16.1 Å². The topological polar surface area (TPSA) is 70.2 Å². The van der Waals surface area contributed by atoms with Crippen molar-refractivity contribution in [1.82, 2.24) is 14.1 Å². The minimum absolute atomic E-state index is 0.00188. The third-order valence-electron chi connectivity index (χ3n) is 5.33. The molecule has 1 atom stereocenters. The zero-order valence-corrected chi connectivity index (χ0v) is 17.0. The van der Waals surface area contributed by atoms with Crippen LogP contribution in [0.1, 0.15) is 31.7 Å². The number of amides is 1. The lowest BCUT2D eigenvalue weighted by molar-refractivity contribution is -0.00434. The number of ether oxygens (including phenoxy) is 1. The zero-order valence-electron chi connectivity index (χ0n) is 16.1. The Bertz CT molecular complexity index is 743. The number of sulfonamides is 1. The van der Waals surface area contributed by atoms with Crippen molar-refractivity contribution in [2.45, 2.75) is 44.2 Å². The number of benzene rings is 1. The van der Waals surface area contributed by atoms with Crippen LogP contribution in [-0.2, 0) is 14.8 Å². The van der Waals surface area contributed by atoms with Crippen LogP contribution in [0.15, 0.2) is 29.2 Å². The molecule has 0 unspecified atom stereocenters. The van der Waals surface area contributed by atoms with Gasteiger partial charge < -0.3 is 4.74 Å². The van der Waals surface area contributed by atoms with E-state index >= 15 is 0 Å². The van der Waals surface area contributed by atoms with E-state index in [1.165, 1.54) is 0 Å². The second-order valence-electron chi connectivity index (χ2n) is 7.12. The van der Waals surface area contributed by atoms with Gasteiger partial charge in [0.05, 0.1) is 17.7 Å². The van der Waals surface area contributed by atoms with E-state index in [4.69, 9.17) is 4.74 Å². The molecule has 7 nitrogen and oxygen atoms in total. The summed E-state index contributed by atoms with van der Waals surface area (Å²) in [5.41, 5.74) is 1.04. The highest BCUT2D eigenvalue weighted by Gasteiger charge is 2.36. The molecule has 2 fully saturated rings. The fourth-order valence-corrected chi connectivity index (χ4v) is 5.24. The molecule has 1 amide bonds. The lowest BCUT2D eigenvalue weighted by Crippen LogP contribution is -2.59. The zero-order chi connectivity index (χ0) is 19.4. The highest BCUT2D eigenvalue weighted by Crippen LogP contribution is 2.24. The number of nitrogens with zero attached hydrogens (tertiary/aromatic N) is 3. The molecular weight excluding hydrogens is 366 g/mol. The molecule has 3 rings (SSSR count). The second kappa shape index (κ2) is 8.58. The summed E-state index contributed by atoms with van der Waals surface area (Å²) in [5, 5.41) is 0. The first-order valence-electron chi connectivity index (χ1n) is 9.67. The summed E-state index contributed by atoms with van der Waals surface area (Å²) in [5.74, 6) is 0. The van der Waals surface area contributed by atoms with Gasteiger partial charge in [-0.1, -0.05) is 17.7 Å². The Hall–Kier alpha value is -1.64. The van der Waals surface area contributed by atoms with Crippen LogP contribution in [-0.4, -0.2) is 74.1 Å². The van der Waals surface area contributed by atoms with Crippen LogP contribution in [0, 0.1) is 6.92 Å². The van der Waals surface area contributed by atoms with Gasteiger partial charge in [-0.15, -0.1) is 0 Å². The number of piperidine rings is 1. The van der Waals surface area contributed by atoms with Gasteiger partial charge in [-0.2, -0.15) is 4.31 Å². The van der Waals surface area contributed by atoms with Gasteiger partial charge in [-0.25, -0.2) is 13.2 Å². The van der Waals surface area contributed by atoms with Crippen molar-refractivity contribution < 1.29 is 17.9 Å². The summed E-state index contributed by atoms with van der Waals surface area (Å²) in [6.07, 6.45) is 2.70. The first kappa shape index (κ1) is 20.1. The van der Waals surface area contributed by atoms with Crippen LogP contribution in [0.3, 0.4) is 0 Å². The van der Waals surface area contributed by atoms with Crippen molar-refractivity contribution in [3.63, 3.8) is 0 Å². The molecule has 2 heterocycles. The van der Waals surface area contributed by atoms with E-state index in [1.54, 1.807) is 21.3 Å². The molecule has 2 aliphatic heterocycles. The normalized spacial score (nSPS) is 22.6. The summed E-state index contributed by atoms with van der Waals surface area (Å²) < 4.78 is 32.5. The largest absolute Gasteiger partial charge is 0.450 e. The molecule has 1 aromatic carbocycles. The smallest absolute Gasteiger partial charge is 0.411 e. The van der Waals surface area contributed by atoms with Gasteiger partial charge in [0.15, 0.2) is 0 Å². The molecule has 0 radical (unpaired) electrons. The Balaban J connectivity index is 1.65. The van der Waals surface area contributed by atoms with Gasteiger partial charge in [0, 0.05) is 32.7 Å². The van der Waals surface area contributed by atoms with E-state index < -0.39 is 10.0 Å². The van der Waals surface area contributed by atoms with Crippen LogP contribution in [0.4, 0.5) is 4.79 Å². The molecule has 2 aliphatic rings.